The zero-order valence-electron chi connectivity index (χ0n) is 12.6. The number of amides is 1. The number of nitrogens with two attached hydrogens (primary N) is 1. The predicted molar refractivity (Wildman–Crippen MR) is 83.7 cm³/mol. The summed E-state index contributed by atoms with van der Waals surface area (Å²) in [5.41, 5.74) is 7.26. The zero-order chi connectivity index (χ0) is 16.4. The number of carbonyl (C=O) groups is 1. The highest BCUT2D eigenvalue weighted by atomic mass is 19.1. The largest absolute Gasteiger partial charge is 0.337 e. The topological polar surface area (TPSA) is 46.3 Å². The van der Waals surface area contributed by atoms with Crippen molar-refractivity contribution in [1.82, 2.24) is 4.90 Å². The third kappa shape index (κ3) is 2.97. The monoisotopic (exact) mass is 316 g/mol. The van der Waals surface area contributed by atoms with E-state index in [4.69, 9.17) is 5.73 Å². The molecule has 3 nitrogen and oxygen atoms in total. The summed E-state index contributed by atoms with van der Waals surface area (Å²) >= 11 is 0. The van der Waals surface area contributed by atoms with E-state index in [1.54, 1.807) is 4.90 Å². The molecule has 23 heavy (non-hydrogen) atoms. The SMILES string of the molecule is NCC(C(=O)N1CCc2c(F)ccc(F)c2C1)c1ccccc1. The first-order valence-corrected chi connectivity index (χ1v) is 7.61. The van der Waals surface area contributed by atoms with Gasteiger partial charge in [-0.05, 0) is 29.7 Å². The molecule has 0 saturated carbocycles. The van der Waals surface area contributed by atoms with Gasteiger partial charge >= 0.3 is 0 Å². The van der Waals surface area contributed by atoms with Gasteiger partial charge in [-0.2, -0.15) is 0 Å². The summed E-state index contributed by atoms with van der Waals surface area (Å²) < 4.78 is 27.7. The predicted octanol–water partition coefficient (Wildman–Crippen LogP) is 2.59. The second-order valence-corrected chi connectivity index (χ2v) is 5.70. The van der Waals surface area contributed by atoms with Crippen molar-refractivity contribution >= 4 is 5.91 Å². The van der Waals surface area contributed by atoms with Crippen LogP contribution in [0.4, 0.5) is 8.78 Å². The molecule has 0 spiro atoms. The molecule has 5 heteroatoms. The summed E-state index contributed by atoms with van der Waals surface area (Å²) in [6.07, 6.45) is 0.316. The molecule has 0 aromatic heterocycles. The van der Waals surface area contributed by atoms with Crippen LogP contribution in [0.2, 0.25) is 0 Å². The molecule has 2 N–H and O–H groups in total. The fourth-order valence-corrected chi connectivity index (χ4v) is 3.07. The first kappa shape index (κ1) is 15.6. The molecule has 0 radical (unpaired) electrons. The van der Waals surface area contributed by atoms with Crippen LogP contribution in [0.1, 0.15) is 22.6 Å². The van der Waals surface area contributed by atoms with Crippen LogP contribution >= 0.6 is 0 Å². The lowest BCUT2D eigenvalue weighted by Crippen LogP contribution is -2.41. The van der Waals surface area contributed by atoms with Crippen LogP contribution in [0.3, 0.4) is 0 Å². The quantitative estimate of drug-likeness (QED) is 0.946. The first-order chi connectivity index (χ1) is 11.1. The van der Waals surface area contributed by atoms with Gasteiger partial charge in [-0.25, -0.2) is 8.78 Å². The molecule has 2 aromatic rings. The first-order valence-electron chi connectivity index (χ1n) is 7.61. The van der Waals surface area contributed by atoms with Gasteiger partial charge in [0, 0.05) is 25.2 Å². The summed E-state index contributed by atoms with van der Waals surface area (Å²) in [6, 6.07) is 11.5. The molecule has 1 atom stereocenters. The van der Waals surface area contributed by atoms with Crippen LogP contribution in [0, 0.1) is 11.6 Å². The van der Waals surface area contributed by atoms with Crippen molar-refractivity contribution in [2.24, 2.45) is 5.73 Å². The standard InChI is InChI=1S/C18H18F2N2O/c19-16-6-7-17(20)15-11-22(9-8-13(15)16)18(23)14(10-21)12-4-2-1-3-5-12/h1-7,14H,8-11,21H2. The number of benzene rings is 2. The summed E-state index contributed by atoms with van der Waals surface area (Å²) in [6.45, 7) is 0.633. The summed E-state index contributed by atoms with van der Waals surface area (Å²) in [5.74, 6) is -1.49. The Morgan fingerprint density at radius 2 is 1.74 bits per heavy atom. The molecular weight excluding hydrogens is 298 g/mol. The summed E-state index contributed by atoms with van der Waals surface area (Å²) in [5, 5.41) is 0. The minimum atomic E-state index is -0.470. The molecule has 1 heterocycles. The Balaban J connectivity index is 1.85. The zero-order valence-corrected chi connectivity index (χ0v) is 12.6. The fourth-order valence-electron chi connectivity index (χ4n) is 3.07. The Kier molecular flexibility index (Phi) is 4.39. The van der Waals surface area contributed by atoms with Gasteiger partial charge in [-0.3, -0.25) is 4.79 Å². The Bertz CT molecular complexity index is 718. The second-order valence-electron chi connectivity index (χ2n) is 5.70. The maximum absolute atomic E-state index is 14.0. The van der Waals surface area contributed by atoms with Crippen molar-refractivity contribution < 1.29 is 13.6 Å². The van der Waals surface area contributed by atoms with Gasteiger partial charge in [-0.1, -0.05) is 30.3 Å². The molecule has 120 valence electrons. The molecule has 3 rings (SSSR count). The van der Waals surface area contributed by atoms with Gasteiger partial charge in [0.05, 0.1) is 5.92 Å². The Morgan fingerprint density at radius 3 is 2.39 bits per heavy atom. The molecule has 0 bridgehead atoms. The average Bonchev–Trinajstić information content (AvgIpc) is 2.59. The van der Waals surface area contributed by atoms with E-state index >= 15 is 0 Å². The van der Waals surface area contributed by atoms with Crippen molar-refractivity contribution in [1.29, 1.82) is 0 Å². The lowest BCUT2D eigenvalue weighted by atomic mass is 9.94. The van der Waals surface area contributed by atoms with Crippen LogP contribution in [0.5, 0.6) is 0 Å². The van der Waals surface area contributed by atoms with Crippen LogP contribution in [0.25, 0.3) is 0 Å². The Labute approximate surface area is 133 Å². The average molecular weight is 316 g/mol. The number of rotatable bonds is 3. The lowest BCUT2D eigenvalue weighted by Gasteiger charge is -2.32. The number of fused-ring (bicyclic) bond motifs is 1. The molecule has 1 unspecified atom stereocenters. The fraction of sp³-hybridized carbons (Fsp3) is 0.278. The molecular formula is C18H18F2N2O. The van der Waals surface area contributed by atoms with E-state index in [0.717, 1.165) is 17.7 Å². The van der Waals surface area contributed by atoms with Crippen LogP contribution in [-0.2, 0) is 17.8 Å². The van der Waals surface area contributed by atoms with E-state index in [1.807, 2.05) is 30.3 Å². The smallest absolute Gasteiger partial charge is 0.231 e. The summed E-state index contributed by atoms with van der Waals surface area (Å²) in [7, 11) is 0. The van der Waals surface area contributed by atoms with Gasteiger partial charge in [0.1, 0.15) is 11.6 Å². The van der Waals surface area contributed by atoms with Crippen molar-refractivity contribution in [3.8, 4) is 0 Å². The normalized spacial score (nSPS) is 15.2. The van der Waals surface area contributed by atoms with Crippen molar-refractivity contribution in [3.63, 3.8) is 0 Å². The molecule has 2 aromatic carbocycles. The Morgan fingerprint density at radius 1 is 1.09 bits per heavy atom. The maximum Gasteiger partial charge on any atom is 0.231 e. The van der Waals surface area contributed by atoms with Crippen molar-refractivity contribution in [2.75, 3.05) is 13.1 Å². The van der Waals surface area contributed by atoms with Crippen molar-refractivity contribution in [3.05, 3.63) is 70.8 Å². The maximum atomic E-state index is 14.0. The van der Waals surface area contributed by atoms with Crippen LogP contribution < -0.4 is 5.73 Å². The van der Waals surface area contributed by atoms with Gasteiger partial charge < -0.3 is 10.6 Å². The number of carbonyl (C=O) groups excluding carboxylic acids is 1. The molecule has 0 fully saturated rings. The van der Waals surface area contributed by atoms with Gasteiger partial charge in [-0.15, -0.1) is 0 Å². The molecule has 1 aliphatic heterocycles. The molecule has 1 aliphatic rings. The van der Waals surface area contributed by atoms with E-state index in [1.165, 1.54) is 0 Å². The number of hydrogen-bond acceptors (Lipinski definition) is 2. The molecule has 0 saturated heterocycles. The van der Waals surface area contributed by atoms with Gasteiger partial charge in [0.15, 0.2) is 0 Å². The summed E-state index contributed by atoms with van der Waals surface area (Å²) in [4.78, 5) is 14.3. The van der Waals surface area contributed by atoms with Crippen molar-refractivity contribution in [2.45, 2.75) is 18.9 Å². The minimum absolute atomic E-state index is 0.0844. The molecule has 1 amide bonds. The Hall–Kier alpha value is -2.27. The van der Waals surface area contributed by atoms with E-state index in [2.05, 4.69) is 0 Å². The molecule has 0 aliphatic carbocycles. The number of hydrogen-bond donors (Lipinski definition) is 1. The number of halogens is 2. The third-order valence-corrected chi connectivity index (χ3v) is 4.34. The van der Waals surface area contributed by atoms with E-state index in [-0.39, 0.29) is 24.6 Å². The van der Waals surface area contributed by atoms with E-state index in [0.29, 0.717) is 18.5 Å². The van der Waals surface area contributed by atoms with E-state index in [9.17, 15) is 13.6 Å². The highest BCUT2D eigenvalue weighted by molar-refractivity contribution is 5.84. The highest BCUT2D eigenvalue weighted by Crippen LogP contribution is 2.27. The van der Waals surface area contributed by atoms with Gasteiger partial charge in [0.2, 0.25) is 5.91 Å². The third-order valence-electron chi connectivity index (χ3n) is 4.34. The highest BCUT2D eigenvalue weighted by Gasteiger charge is 2.29. The van der Waals surface area contributed by atoms with Crippen LogP contribution in [0.15, 0.2) is 42.5 Å². The van der Waals surface area contributed by atoms with E-state index < -0.39 is 17.6 Å². The number of nitrogens with zero attached hydrogens (tertiary/aromatic N) is 1. The van der Waals surface area contributed by atoms with Gasteiger partial charge in [0.25, 0.3) is 0 Å². The second kappa shape index (κ2) is 6.46. The minimum Gasteiger partial charge on any atom is -0.337 e. The van der Waals surface area contributed by atoms with Crippen LogP contribution in [-0.4, -0.2) is 23.9 Å². The lowest BCUT2D eigenvalue weighted by molar-refractivity contribution is -0.133.